The molecular formula is C18H26. The molecule has 0 bridgehead atoms. The van der Waals surface area contributed by atoms with E-state index in [-0.39, 0.29) is 0 Å². The van der Waals surface area contributed by atoms with Gasteiger partial charge in [0.25, 0.3) is 0 Å². The first kappa shape index (κ1) is 13.4. The van der Waals surface area contributed by atoms with Crippen LogP contribution in [-0.2, 0) is 6.42 Å². The van der Waals surface area contributed by atoms with Crippen molar-refractivity contribution < 1.29 is 0 Å². The van der Waals surface area contributed by atoms with E-state index in [4.69, 9.17) is 0 Å². The number of hydrogen-bond donors (Lipinski definition) is 0. The first-order valence-electron chi connectivity index (χ1n) is 7.58. The molecule has 0 amide bonds. The molecule has 18 heavy (non-hydrogen) atoms. The molecule has 0 unspecified atom stereocenters. The van der Waals surface area contributed by atoms with Gasteiger partial charge in [0.1, 0.15) is 0 Å². The van der Waals surface area contributed by atoms with E-state index in [0.717, 1.165) is 11.8 Å². The van der Waals surface area contributed by atoms with Crippen molar-refractivity contribution in [3.63, 3.8) is 0 Å². The third-order valence-electron chi connectivity index (χ3n) is 4.48. The molecule has 0 spiro atoms. The van der Waals surface area contributed by atoms with Crippen LogP contribution in [0.25, 0.3) is 0 Å². The molecule has 1 aromatic rings. The molecule has 0 nitrogen and oxygen atoms in total. The maximum absolute atomic E-state index is 2.36. The second kappa shape index (κ2) is 6.22. The largest absolute Gasteiger partial charge is 0.0879 e. The Kier molecular flexibility index (Phi) is 4.63. The van der Waals surface area contributed by atoms with E-state index in [1.165, 1.54) is 32.1 Å². The lowest BCUT2D eigenvalue weighted by atomic mass is 9.82. The Balaban J connectivity index is 2.38. The van der Waals surface area contributed by atoms with Crippen molar-refractivity contribution in [2.75, 3.05) is 0 Å². The SMILES string of the molecule is CCc1c(C(CC)CC)cccc1C1CC=CC1. The fourth-order valence-electron chi connectivity index (χ4n) is 3.40. The Hall–Kier alpha value is -1.04. The van der Waals surface area contributed by atoms with Crippen molar-refractivity contribution in [3.8, 4) is 0 Å². The van der Waals surface area contributed by atoms with Gasteiger partial charge in [0.2, 0.25) is 0 Å². The fraction of sp³-hybridized carbons (Fsp3) is 0.556. The highest BCUT2D eigenvalue weighted by atomic mass is 14.2. The van der Waals surface area contributed by atoms with Gasteiger partial charge in [0.05, 0.1) is 0 Å². The first-order chi connectivity index (χ1) is 8.81. The Morgan fingerprint density at radius 3 is 2.28 bits per heavy atom. The van der Waals surface area contributed by atoms with Crippen molar-refractivity contribution in [1.29, 1.82) is 0 Å². The quantitative estimate of drug-likeness (QED) is 0.591. The normalized spacial score (nSPS) is 15.8. The standard InChI is InChI=1S/C18H26/c1-4-14(5-2)17-12-9-13-18(16(17)6-3)15-10-7-8-11-15/h7-9,12-15H,4-6,10-11H2,1-3H3. The van der Waals surface area contributed by atoms with Gasteiger partial charge in [-0.25, -0.2) is 0 Å². The molecule has 0 fully saturated rings. The van der Waals surface area contributed by atoms with Crippen molar-refractivity contribution in [2.45, 2.75) is 64.7 Å². The second-order valence-corrected chi connectivity index (χ2v) is 5.42. The fourth-order valence-corrected chi connectivity index (χ4v) is 3.40. The summed E-state index contributed by atoms with van der Waals surface area (Å²) in [5.41, 5.74) is 4.87. The van der Waals surface area contributed by atoms with E-state index in [1.54, 1.807) is 16.7 Å². The van der Waals surface area contributed by atoms with Crippen molar-refractivity contribution >= 4 is 0 Å². The monoisotopic (exact) mass is 242 g/mol. The van der Waals surface area contributed by atoms with Crippen LogP contribution in [0.1, 0.15) is 75.0 Å². The minimum Gasteiger partial charge on any atom is -0.0879 e. The van der Waals surface area contributed by atoms with Gasteiger partial charge in [-0.3, -0.25) is 0 Å². The van der Waals surface area contributed by atoms with Crippen LogP contribution in [0, 0.1) is 0 Å². The number of rotatable bonds is 5. The molecule has 1 aliphatic carbocycles. The van der Waals surface area contributed by atoms with Gasteiger partial charge < -0.3 is 0 Å². The summed E-state index contributed by atoms with van der Waals surface area (Å²) in [6, 6.07) is 7.01. The molecule has 1 aliphatic rings. The summed E-state index contributed by atoms with van der Waals surface area (Å²) in [6.07, 6.45) is 10.9. The highest BCUT2D eigenvalue weighted by Crippen LogP contribution is 2.36. The second-order valence-electron chi connectivity index (χ2n) is 5.42. The van der Waals surface area contributed by atoms with E-state index in [9.17, 15) is 0 Å². The molecule has 0 N–H and O–H groups in total. The summed E-state index contributed by atoms with van der Waals surface area (Å²) in [4.78, 5) is 0. The molecule has 0 heteroatoms. The molecule has 0 saturated carbocycles. The third kappa shape index (κ3) is 2.53. The van der Waals surface area contributed by atoms with E-state index in [1.807, 2.05) is 0 Å². The van der Waals surface area contributed by atoms with E-state index in [0.29, 0.717) is 0 Å². The van der Waals surface area contributed by atoms with Crippen LogP contribution >= 0.6 is 0 Å². The van der Waals surface area contributed by atoms with Crippen molar-refractivity contribution in [1.82, 2.24) is 0 Å². The van der Waals surface area contributed by atoms with Crippen molar-refractivity contribution in [2.24, 2.45) is 0 Å². The maximum atomic E-state index is 2.36. The molecule has 1 aromatic carbocycles. The molecule has 0 aromatic heterocycles. The smallest absolute Gasteiger partial charge is 0.00900 e. The summed E-state index contributed by atoms with van der Waals surface area (Å²) >= 11 is 0. The summed E-state index contributed by atoms with van der Waals surface area (Å²) in [7, 11) is 0. The highest BCUT2D eigenvalue weighted by molar-refractivity contribution is 5.41. The topological polar surface area (TPSA) is 0 Å². The summed E-state index contributed by atoms with van der Waals surface area (Å²) in [6.45, 7) is 6.95. The van der Waals surface area contributed by atoms with E-state index in [2.05, 4.69) is 51.1 Å². The van der Waals surface area contributed by atoms with E-state index < -0.39 is 0 Å². The Labute approximate surface area is 112 Å². The summed E-state index contributed by atoms with van der Waals surface area (Å²) < 4.78 is 0. The first-order valence-corrected chi connectivity index (χ1v) is 7.58. The van der Waals surface area contributed by atoms with Gasteiger partial charge >= 0.3 is 0 Å². The third-order valence-corrected chi connectivity index (χ3v) is 4.48. The Morgan fingerprint density at radius 1 is 1.06 bits per heavy atom. The van der Waals surface area contributed by atoms with Crippen molar-refractivity contribution in [3.05, 3.63) is 47.0 Å². The maximum Gasteiger partial charge on any atom is -0.00900 e. The minimum absolute atomic E-state index is 0.745. The van der Waals surface area contributed by atoms with Gasteiger partial charge in [-0.1, -0.05) is 51.1 Å². The number of benzene rings is 1. The molecule has 0 heterocycles. The Morgan fingerprint density at radius 2 is 1.72 bits per heavy atom. The van der Waals surface area contributed by atoms with Crippen LogP contribution in [0.2, 0.25) is 0 Å². The predicted molar refractivity (Wildman–Crippen MR) is 80.3 cm³/mol. The van der Waals surface area contributed by atoms with Crippen LogP contribution in [0.5, 0.6) is 0 Å². The number of hydrogen-bond acceptors (Lipinski definition) is 0. The van der Waals surface area contributed by atoms with Crippen LogP contribution in [0.3, 0.4) is 0 Å². The molecule has 0 aliphatic heterocycles. The molecule has 0 atom stereocenters. The van der Waals surface area contributed by atoms with Gasteiger partial charge in [0.15, 0.2) is 0 Å². The molecule has 2 rings (SSSR count). The zero-order chi connectivity index (χ0) is 13.0. The van der Waals surface area contributed by atoms with Gasteiger partial charge in [0, 0.05) is 0 Å². The van der Waals surface area contributed by atoms with E-state index >= 15 is 0 Å². The zero-order valence-corrected chi connectivity index (χ0v) is 12.1. The van der Waals surface area contributed by atoms with Crippen LogP contribution in [0.4, 0.5) is 0 Å². The van der Waals surface area contributed by atoms with Crippen LogP contribution < -0.4 is 0 Å². The van der Waals surface area contributed by atoms with Crippen LogP contribution in [-0.4, -0.2) is 0 Å². The van der Waals surface area contributed by atoms with Gasteiger partial charge in [-0.2, -0.15) is 0 Å². The average Bonchev–Trinajstić information content (AvgIpc) is 2.93. The van der Waals surface area contributed by atoms with Gasteiger partial charge in [-0.05, 0) is 60.6 Å². The highest BCUT2D eigenvalue weighted by Gasteiger charge is 2.19. The lowest BCUT2D eigenvalue weighted by Crippen LogP contribution is -2.06. The van der Waals surface area contributed by atoms with Gasteiger partial charge in [-0.15, -0.1) is 0 Å². The molecule has 0 radical (unpaired) electrons. The number of allylic oxidation sites excluding steroid dienone is 2. The zero-order valence-electron chi connectivity index (χ0n) is 12.1. The summed E-state index contributed by atoms with van der Waals surface area (Å²) in [5.74, 6) is 1.49. The average molecular weight is 242 g/mol. The Bertz CT molecular complexity index is 382. The predicted octanol–water partition coefficient (Wildman–Crippen LogP) is 5.59. The lowest BCUT2D eigenvalue weighted by Gasteiger charge is -2.22. The lowest BCUT2D eigenvalue weighted by molar-refractivity contribution is 0.629. The minimum atomic E-state index is 0.745. The molecule has 98 valence electrons. The molecular weight excluding hydrogens is 216 g/mol. The van der Waals surface area contributed by atoms with Crippen LogP contribution in [0.15, 0.2) is 30.4 Å². The molecule has 0 saturated heterocycles. The summed E-state index contributed by atoms with van der Waals surface area (Å²) in [5, 5.41) is 0.